The van der Waals surface area contributed by atoms with Gasteiger partial charge in [0.1, 0.15) is 0 Å². The smallest absolute Gasteiger partial charge is 0.0524 e. The molecule has 78 valence electrons. The average Bonchev–Trinajstić information content (AvgIpc) is 2.08. The van der Waals surface area contributed by atoms with Crippen LogP contribution < -0.4 is 5.32 Å². The summed E-state index contributed by atoms with van der Waals surface area (Å²) in [6.45, 7) is 5.15. The highest BCUT2D eigenvalue weighted by molar-refractivity contribution is 4.77. The third-order valence-electron chi connectivity index (χ3n) is 3.08. The first-order valence-corrected chi connectivity index (χ1v) is 5.61. The highest BCUT2D eigenvalue weighted by atomic mass is 16.3. The lowest BCUT2D eigenvalue weighted by Crippen LogP contribution is -2.38. The third-order valence-corrected chi connectivity index (χ3v) is 3.08. The molecular weight excluding hydrogens is 162 g/mol. The first-order valence-electron chi connectivity index (χ1n) is 5.61. The maximum atomic E-state index is 9.11. The second kappa shape index (κ2) is 5.61. The quantitative estimate of drug-likeness (QED) is 0.701. The summed E-state index contributed by atoms with van der Waals surface area (Å²) >= 11 is 0. The average molecular weight is 185 g/mol. The Morgan fingerprint density at radius 1 is 1.38 bits per heavy atom. The minimum atomic E-state index is -0.161. The maximum absolute atomic E-state index is 9.11. The molecule has 13 heavy (non-hydrogen) atoms. The molecule has 0 bridgehead atoms. The van der Waals surface area contributed by atoms with Gasteiger partial charge in [-0.3, -0.25) is 0 Å². The van der Waals surface area contributed by atoms with E-state index in [9.17, 15) is 0 Å². The van der Waals surface area contributed by atoms with Crippen molar-refractivity contribution in [3.05, 3.63) is 0 Å². The van der Waals surface area contributed by atoms with Crippen molar-refractivity contribution in [2.75, 3.05) is 6.54 Å². The molecule has 1 rings (SSSR count). The topological polar surface area (TPSA) is 32.3 Å². The molecule has 0 unspecified atom stereocenters. The van der Waals surface area contributed by atoms with Crippen molar-refractivity contribution in [1.82, 2.24) is 5.32 Å². The molecule has 1 aliphatic carbocycles. The van der Waals surface area contributed by atoms with E-state index in [2.05, 4.69) is 12.2 Å². The Hall–Kier alpha value is -0.0800. The van der Waals surface area contributed by atoms with Crippen LogP contribution in [-0.2, 0) is 0 Å². The van der Waals surface area contributed by atoms with Crippen molar-refractivity contribution >= 4 is 0 Å². The Balaban J connectivity index is 2.11. The maximum Gasteiger partial charge on any atom is 0.0524 e. The summed E-state index contributed by atoms with van der Waals surface area (Å²) in [4.78, 5) is 0. The molecular formula is C11H23NO. The second-order valence-electron chi connectivity index (χ2n) is 4.46. The molecule has 1 fully saturated rings. The number of aliphatic hydroxyl groups is 1. The lowest BCUT2D eigenvalue weighted by molar-refractivity contribution is 0.177. The summed E-state index contributed by atoms with van der Waals surface area (Å²) in [6.07, 6.45) is 6.18. The summed E-state index contributed by atoms with van der Waals surface area (Å²) in [5.41, 5.74) is 0. The zero-order chi connectivity index (χ0) is 9.68. The van der Waals surface area contributed by atoms with Crippen LogP contribution >= 0.6 is 0 Å². The molecule has 1 aliphatic rings. The van der Waals surface area contributed by atoms with Gasteiger partial charge in [0, 0.05) is 6.04 Å². The van der Waals surface area contributed by atoms with E-state index in [1.807, 2.05) is 6.92 Å². The van der Waals surface area contributed by atoms with Crippen LogP contribution in [-0.4, -0.2) is 23.8 Å². The van der Waals surface area contributed by atoms with Crippen molar-refractivity contribution in [2.24, 2.45) is 5.92 Å². The van der Waals surface area contributed by atoms with Gasteiger partial charge >= 0.3 is 0 Å². The molecule has 3 atom stereocenters. The van der Waals surface area contributed by atoms with Gasteiger partial charge in [-0.15, -0.1) is 0 Å². The van der Waals surface area contributed by atoms with E-state index in [1.165, 1.54) is 25.7 Å². The summed E-state index contributed by atoms with van der Waals surface area (Å²) in [6, 6.07) is 0.701. The predicted molar refractivity (Wildman–Crippen MR) is 55.7 cm³/mol. The van der Waals surface area contributed by atoms with E-state index in [0.717, 1.165) is 18.9 Å². The predicted octanol–water partition coefficient (Wildman–Crippen LogP) is 1.93. The van der Waals surface area contributed by atoms with Gasteiger partial charge in [0.2, 0.25) is 0 Å². The van der Waals surface area contributed by atoms with Crippen LogP contribution in [0, 0.1) is 5.92 Å². The molecule has 2 nitrogen and oxygen atoms in total. The molecule has 1 saturated carbocycles. The van der Waals surface area contributed by atoms with Crippen LogP contribution in [0.1, 0.15) is 46.0 Å². The molecule has 0 amide bonds. The molecule has 0 spiro atoms. The summed E-state index contributed by atoms with van der Waals surface area (Å²) in [5.74, 6) is 0.822. The van der Waals surface area contributed by atoms with Crippen LogP contribution in [0.15, 0.2) is 0 Å². The van der Waals surface area contributed by atoms with E-state index in [-0.39, 0.29) is 6.10 Å². The number of nitrogens with one attached hydrogen (secondary N) is 1. The fourth-order valence-electron chi connectivity index (χ4n) is 2.10. The Morgan fingerprint density at radius 3 is 2.69 bits per heavy atom. The Bertz CT molecular complexity index is 136. The van der Waals surface area contributed by atoms with Gasteiger partial charge in [0.25, 0.3) is 0 Å². The van der Waals surface area contributed by atoms with Crippen molar-refractivity contribution in [3.8, 4) is 0 Å². The normalized spacial score (nSPS) is 31.6. The number of hydrogen-bond acceptors (Lipinski definition) is 2. The van der Waals surface area contributed by atoms with Crippen molar-refractivity contribution in [3.63, 3.8) is 0 Å². The van der Waals surface area contributed by atoms with E-state index >= 15 is 0 Å². The standard InChI is InChI=1S/C11H23NO/c1-9-5-3-4-6-11(9)12-8-7-10(2)13/h9-13H,3-8H2,1-2H3/t9-,10+,11+/m0/s1. The summed E-state index contributed by atoms with van der Waals surface area (Å²) in [5, 5.41) is 12.7. The van der Waals surface area contributed by atoms with Crippen LogP contribution in [0.5, 0.6) is 0 Å². The first kappa shape index (κ1) is 11.0. The van der Waals surface area contributed by atoms with Crippen molar-refractivity contribution in [2.45, 2.75) is 58.1 Å². The molecule has 0 aliphatic heterocycles. The van der Waals surface area contributed by atoms with E-state index < -0.39 is 0 Å². The highest BCUT2D eigenvalue weighted by Gasteiger charge is 2.20. The zero-order valence-corrected chi connectivity index (χ0v) is 8.92. The Morgan fingerprint density at radius 2 is 2.08 bits per heavy atom. The van der Waals surface area contributed by atoms with Gasteiger partial charge < -0.3 is 10.4 Å². The van der Waals surface area contributed by atoms with Gasteiger partial charge in [-0.2, -0.15) is 0 Å². The van der Waals surface area contributed by atoms with E-state index in [0.29, 0.717) is 6.04 Å². The lowest BCUT2D eigenvalue weighted by atomic mass is 9.86. The Labute approximate surface area is 81.7 Å². The monoisotopic (exact) mass is 185 g/mol. The highest BCUT2D eigenvalue weighted by Crippen LogP contribution is 2.23. The van der Waals surface area contributed by atoms with E-state index in [4.69, 9.17) is 5.11 Å². The molecule has 2 N–H and O–H groups in total. The fraction of sp³-hybridized carbons (Fsp3) is 1.00. The second-order valence-corrected chi connectivity index (χ2v) is 4.46. The first-order chi connectivity index (χ1) is 6.20. The molecule has 0 aromatic carbocycles. The SMILES string of the molecule is C[C@@H](O)CCN[C@@H]1CCCC[C@@H]1C. The van der Waals surface area contributed by atoms with Gasteiger partial charge in [-0.25, -0.2) is 0 Å². The minimum Gasteiger partial charge on any atom is -0.393 e. The fourth-order valence-corrected chi connectivity index (χ4v) is 2.10. The van der Waals surface area contributed by atoms with Gasteiger partial charge in [-0.1, -0.05) is 19.8 Å². The summed E-state index contributed by atoms with van der Waals surface area (Å²) in [7, 11) is 0. The molecule has 0 heterocycles. The largest absolute Gasteiger partial charge is 0.393 e. The molecule has 0 radical (unpaired) electrons. The lowest BCUT2D eigenvalue weighted by Gasteiger charge is -2.29. The van der Waals surface area contributed by atoms with Crippen LogP contribution in [0.25, 0.3) is 0 Å². The molecule has 0 aromatic heterocycles. The van der Waals surface area contributed by atoms with E-state index in [1.54, 1.807) is 0 Å². The zero-order valence-electron chi connectivity index (χ0n) is 8.92. The van der Waals surface area contributed by atoms with Crippen molar-refractivity contribution < 1.29 is 5.11 Å². The molecule has 0 aromatic rings. The van der Waals surface area contributed by atoms with Gasteiger partial charge in [0.05, 0.1) is 6.10 Å². The van der Waals surface area contributed by atoms with Crippen molar-refractivity contribution in [1.29, 1.82) is 0 Å². The van der Waals surface area contributed by atoms with Crippen LogP contribution in [0.2, 0.25) is 0 Å². The number of aliphatic hydroxyl groups excluding tert-OH is 1. The van der Waals surface area contributed by atoms with Crippen LogP contribution in [0.4, 0.5) is 0 Å². The number of hydrogen-bond donors (Lipinski definition) is 2. The third kappa shape index (κ3) is 4.10. The number of rotatable bonds is 4. The van der Waals surface area contributed by atoms with Gasteiger partial charge in [-0.05, 0) is 38.6 Å². The summed E-state index contributed by atoms with van der Waals surface area (Å²) < 4.78 is 0. The van der Waals surface area contributed by atoms with Crippen LogP contribution in [0.3, 0.4) is 0 Å². The molecule has 0 saturated heterocycles. The van der Waals surface area contributed by atoms with Gasteiger partial charge in [0.15, 0.2) is 0 Å². The Kier molecular flexibility index (Phi) is 4.74. The molecule has 2 heteroatoms. The minimum absolute atomic E-state index is 0.161.